The van der Waals surface area contributed by atoms with Gasteiger partial charge in [0, 0.05) is 18.7 Å². The maximum Gasteiger partial charge on any atom is 0.226 e. The number of nitrogens with two attached hydrogens (primary N) is 1. The van der Waals surface area contributed by atoms with Crippen molar-refractivity contribution in [3.8, 4) is 0 Å². The number of nitrogens with zero attached hydrogens (tertiary/aromatic N) is 1. The summed E-state index contributed by atoms with van der Waals surface area (Å²) in [6.07, 6.45) is 0.762. The topological polar surface area (TPSA) is 88.2 Å². The number of nitrogens with one attached hydrogen (secondary N) is 1. The number of amides is 1. The quantitative estimate of drug-likeness (QED) is 0.720. The van der Waals surface area contributed by atoms with Crippen LogP contribution in [-0.2, 0) is 4.79 Å². The number of aliphatic hydroxyl groups excluding tert-OH is 1. The maximum absolute atomic E-state index is 11.4. The molecule has 0 spiro atoms. The van der Waals surface area contributed by atoms with Gasteiger partial charge in [-0.2, -0.15) is 0 Å². The molecule has 0 bridgehead atoms. The lowest BCUT2D eigenvalue weighted by Crippen LogP contribution is -2.11. The molecule has 0 saturated carbocycles. The summed E-state index contributed by atoms with van der Waals surface area (Å²) in [5, 5.41) is 11.9. The molecule has 4 N–H and O–H groups in total. The van der Waals surface area contributed by atoms with E-state index in [2.05, 4.69) is 10.3 Å². The van der Waals surface area contributed by atoms with Gasteiger partial charge in [0.05, 0.1) is 10.2 Å². The van der Waals surface area contributed by atoms with E-state index in [0.29, 0.717) is 23.7 Å². The molecule has 0 atom stereocenters. The summed E-state index contributed by atoms with van der Waals surface area (Å²) in [5.74, 6) is -0.133. The number of benzene rings is 1. The van der Waals surface area contributed by atoms with Gasteiger partial charge in [-0.15, -0.1) is 0 Å². The van der Waals surface area contributed by atoms with Crippen LogP contribution in [0.3, 0.4) is 0 Å². The first-order valence-corrected chi connectivity index (χ1v) is 6.07. The molecule has 90 valence electrons. The van der Waals surface area contributed by atoms with Crippen molar-refractivity contribution < 1.29 is 9.90 Å². The van der Waals surface area contributed by atoms with Gasteiger partial charge in [0.25, 0.3) is 0 Å². The average molecular weight is 251 g/mol. The molecule has 0 aliphatic heterocycles. The standard InChI is InChI=1S/C11H13N3O2S/c12-7-3-4-8-9(6-7)17-11(13-8)14-10(16)2-1-5-15/h3-4,6,15H,1-2,5,12H2,(H,13,14,16). The minimum atomic E-state index is -0.133. The predicted octanol–water partition coefficient (Wildman–Crippen LogP) is 1.59. The van der Waals surface area contributed by atoms with E-state index in [9.17, 15) is 4.79 Å². The Morgan fingerprint density at radius 2 is 2.35 bits per heavy atom. The molecular formula is C11H13N3O2S. The lowest BCUT2D eigenvalue weighted by Gasteiger charge is -1.98. The van der Waals surface area contributed by atoms with Gasteiger partial charge in [-0.1, -0.05) is 11.3 Å². The molecule has 1 aromatic heterocycles. The van der Waals surface area contributed by atoms with E-state index in [1.54, 1.807) is 6.07 Å². The Labute approximate surface area is 102 Å². The van der Waals surface area contributed by atoms with Gasteiger partial charge in [0.2, 0.25) is 5.91 Å². The highest BCUT2D eigenvalue weighted by atomic mass is 32.1. The van der Waals surface area contributed by atoms with Gasteiger partial charge >= 0.3 is 0 Å². The maximum atomic E-state index is 11.4. The number of fused-ring (bicyclic) bond motifs is 1. The van der Waals surface area contributed by atoms with Gasteiger partial charge in [0.15, 0.2) is 5.13 Å². The third kappa shape index (κ3) is 2.92. The van der Waals surface area contributed by atoms with Gasteiger partial charge in [-0.3, -0.25) is 4.79 Å². The third-order valence-corrected chi connectivity index (χ3v) is 3.15. The van der Waals surface area contributed by atoms with Crippen molar-refractivity contribution >= 4 is 38.3 Å². The first-order valence-electron chi connectivity index (χ1n) is 5.26. The van der Waals surface area contributed by atoms with Crippen molar-refractivity contribution in [3.05, 3.63) is 18.2 Å². The van der Waals surface area contributed by atoms with E-state index in [-0.39, 0.29) is 12.5 Å². The van der Waals surface area contributed by atoms with Gasteiger partial charge in [-0.25, -0.2) is 4.98 Å². The normalized spacial score (nSPS) is 10.6. The van der Waals surface area contributed by atoms with E-state index in [4.69, 9.17) is 10.8 Å². The van der Waals surface area contributed by atoms with Crippen LogP contribution in [0.1, 0.15) is 12.8 Å². The number of carbonyl (C=O) groups excluding carboxylic acids is 1. The van der Waals surface area contributed by atoms with Crippen LogP contribution in [0.5, 0.6) is 0 Å². The minimum absolute atomic E-state index is 0.0177. The first kappa shape index (κ1) is 11.8. The number of thiazole rings is 1. The highest BCUT2D eigenvalue weighted by molar-refractivity contribution is 7.22. The zero-order chi connectivity index (χ0) is 12.3. The van der Waals surface area contributed by atoms with Crippen LogP contribution in [0.25, 0.3) is 10.2 Å². The fraction of sp³-hybridized carbons (Fsp3) is 0.273. The molecule has 2 rings (SSSR count). The van der Waals surface area contributed by atoms with Crippen LogP contribution in [0.2, 0.25) is 0 Å². The van der Waals surface area contributed by atoms with E-state index >= 15 is 0 Å². The second kappa shape index (κ2) is 5.11. The first-order chi connectivity index (χ1) is 8.19. The van der Waals surface area contributed by atoms with Gasteiger partial charge < -0.3 is 16.2 Å². The Hall–Kier alpha value is -1.66. The number of hydrogen-bond donors (Lipinski definition) is 3. The Bertz CT molecular complexity index is 538. The fourth-order valence-corrected chi connectivity index (χ4v) is 2.35. The zero-order valence-electron chi connectivity index (χ0n) is 9.14. The number of carbonyl (C=O) groups is 1. The van der Waals surface area contributed by atoms with Crippen molar-refractivity contribution in [2.75, 3.05) is 17.7 Å². The molecule has 5 nitrogen and oxygen atoms in total. The molecule has 0 radical (unpaired) electrons. The zero-order valence-corrected chi connectivity index (χ0v) is 9.96. The summed E-state index contributed by atoms with van der Waals surface area (Å²) in [5.41, 5.74) is 7.16. The Morgan fingerprint density at radius 3 is 3.12 bits per heavy atom. The monoisotopic (exact) mass is 251 g/mol. The summed E-state index contributed by atoms with van der Waals surface area (Å²) in [6, 6.07) is 5.43. The molecular weight excluding hydrogens is 238 g/mol. The fourth-order valence-electron chi connectivity index (χ4n) is 1.42. The second-order valence-electron chi connectivity index (χ2n) is 3.62. The predicted molar refractivity (Wildman–Crippen MR) is 69.0 cm³/mol. The number of anilines is 2. The molecule has 6 heteroatoms. The highest BCUT2D eigenvalue weighted by Gasteiger charge is 2.07. The second-order valence-corrected chi connectivity index (χ2v) is 4.65. The van der Waals surface area contributed by atoms with Crippen molar-refractivity contribution in [2.24, 2.45) is 0 Å². The lowest BCUT2D eigenvalue weighted by atomic mass is 10.3. The number of rotatable bonds is 4. The Morgan fingerprint density at radius 1 is 1.53 bits per heavy atom. The number of aliphatic hydroxyl groups is 1. The highest BCUT2D eigenvalue weighted by Crippen LogP contribution is 2.27. The molecule has 0 saturated heterocycles. The van der Waals surface area contributed by atoms with E-state index in [0.717, 1.165) is 10.2 Å². The summed E-state index contributed by atoms with van der Waals surface area (Å²) < 4.78 is 0.947. The largest absolute Gasteiger partial charge is 0.399 e. The van der Waals surface area contributed by atoms with Gasteiger partial charge in [-0.05, 0) is 24.6 Å². The van der Waals surface area contributed by atoms with Crippen molar-refractivity contribution in [2.45, 2.75) is 12.8 Å². The van der Waals surface area contributed by atoms with Crippen LogP contribution >= 0.6 is 11.3 Å². The number of nitrogen functional groups attached to an aromatic ring is 1. The Kier molecular flexibility index (Phi) is 3.55. The van der Waals surface area contributed by atoms with Crippen molar-refractivity contribution in [1.82, 2.24) is 4.98 Å². The van der Waals surface area contributed by atoms with Crippen molar-refractivity contribution in [3.63, 3.8) is 0 Å². The molecule has 1 amide bonds. The number of aromatic nitrogens is 1. The summed E-state index contributed by atoms with van der Waals surface area (Å²) in [6.45, 7) is 0.0177. The van der Waals surface area contributed by atoms with Crippen LogP contribution in [0.15, 0.2) is 18.2 Å². The molecule has 17 heavy (non-hydrogen) atoms. The molecule has 0 aliphatic carbocycles. The molecule has 0 aliphatic rings. The molecule has 0 fully saturated rings. The summed E-state index contributed by atoms with van der Waals surface area (Å²) >= 11 is 1.39. The van der Waals surface area contributed by atoms with Crippen LogP contribution in [0, 0.1) is 0 Å². The third-order valence-electron chi connectivity index (χ3n) is 2.22. The van der Waals surface area contributed by atoms with E-state index in [1.165, 1.54) is 11.3 Å². The lowest BCUT2D eigenvalue weighted by molar-refractivity contribution is -0.116. The SMILES string of the molecule is Nc1ccc2nc(NC(=O)CCCO)sc2c1. The molecule has 1 heterocycles. The van der Waals surface area contributed by atoms with Crippen LogP contribution in [-0.4, -0.2) is 22.6 Å². The molecule has 1 aromatic carbocycles. The number of hydrogen-bond acceptors (Lipinski definition) is 5. The summed E-state index contributed by atoms with van der Waals surface area (Å²) in [7, 11) is 0. The Balaban J connectivity index is 2.11. The smallest absolute Gasteiger partial charge is 0.226 e. The van der Waals surface area contributed by atoms with E-state index in [1.807, 2.05) is 12.1 Å². The molecule has 2 aromatic rings. The summed E-state index contributed by atoms with van der Waals surface area (Å²) in [4.78, 5) is 15.7. The van der Waals surface area contributed by atoms with E-state index < -0.39 is 0 Å². The van der Waals surface area contributed by atoms with Gasteiger partial charge in [0.1, 0.15) is 0 Å². The van der Waals surface area contributed by atoms with Crippen LogP contribution in [0.4, 0.5) is 10.8 Å². The van der Waals surface area contributed by atoms with Crippen LogP contribution < -0.4 is 11.1 Å². The minimum Gasteiger partial charge on any atom is -0.399 e. The average Bonchev–Trinajstić information content (AvgIpc) is 2.67. The van der Waals surface area contributed by atoms with Crippen molar-refractivity contribution in [1.29, 1.82) is 0 Å². The molecule has 0 unspecified atom stereocenters.